The van der Waals surface area contributed by atoms with Crippen LogP contribution in [0.5, 0.6) is 0 Å². The Kier molecular flexibility index (Phi) is 11.5. The molecule has 13 heavy (non-hydrogen) atoms. The first kappa shape index (κ1) is 13.8. The fourth-order valence-electron chi connectivity index (χ4n) is 1.27. The molecule has 0 aliphatic rings. The number of unbranched alkanes of at least 4 members (excludes halogenated alkanes) is 4. The summed E-state index contributed by atoms with van der Waals surface area (Å²) in [4.78, 5) is 2.39. The van der Waals surface area contributed by atoms with E-state index in [1.54, 1.807) is 0 Å². The van der Waals surface area contributed by atoms with Gasteiger partial charge in [0.25, 0.3) is 0 Å². The van der Waals surface area contributed by atoms with E-state index in [0.717, 1.165) is 6.61 Å². The molecule has 0 aromatic heterocycles. The van der Waals surface area contributed by atoms with Crippen LogP contribution in [-0.2, 0) is 3.07 Å². The SMILES string of the molecule is CCCCCC[O][Sn]([CH3])[CH2]CCC. The third kappa shape index (κ3) is 10.7. The summed E-state index contributed by atoms with van der Waals surface area (Å²) in [5.74, 6) is 0. The molecule has 0 N–H and O–H groups in total. The van der Waals surface area contributed by atoms with Gasteiger partial charge in [0.1, 0.15) is 0 Å². The Morgan fingerprint density at radius 3 is 2.23 bits per heavy atom. The van der Waals surface area contributed by atoms with Gasteiger partial charge in [-0.2, -0.15) is 0 Å². The average molecular weight is 292 g/mol. The Bertz CT molecular complexity index is 96.1. The Morgan fingerprint density at radius 2 is 1.62 bits per heavy atom. The van der Waals surface area contributed by atoms with Gasteiger partial charge in [-0.25, -0.2) is 0 Å². The number of rotatable bonds is 9. The van der Waals surface area contributed by atoms with Gasteiger partial charge in [0.05, 0.1) is 0 Å². The molecule has 1 nitrogen and oxygen atoms in total. The van der Waals surface area contributed by atoms with Crippen LogP contribution in [-0.4, -0.2) is 26.8 Å². The monoisotopic (exact) mass is 293 g/mol. The predicted molar refractivity (Wildman–Crippen MR) is 61.4 cm³/mol. The minimum atomic E-state index is -1.29. The molecule has 1 radical (unpaired) electrons. The minimum absolute atomic E-state index is 1.05. The third-order valence-corrected chi connectivity index (χ3v) is 7.24. The molecule has 2 heteroatoms. The zero-order valence-corrected chi connectivity index (χ0v) is 12.4. The van der Waals surface area contributed by atoms with Crippen LogP contribution >= 0.6 is 0 Å². The van der Waals surface area contributed by atoms with Gasteiger partial charge in [-0.3, -0.25) is 0 Å². The summed E-state index contributed by atoms with van der Waals surface area (Å²) in [5.41, 5.74) is 0. The maximum absolute atomic E-state index is 5.89. The molecule has 0 aliphatic carbocycles. The Morgan fingerprint density at radius 1 is 0.923 bits per heavy atom. The van der Waals surface area contributed by atoms with Crippen LogP contribution in [0.15, 0.2) is 0 Å². The van der Waals surface area contributed by atoms with Crippen LogP contribution in [0.1, 0.15) is 52.4 Å². The summed E-state index contributed by atoms with van der Waals surface area (Å²) in [5, 5.41) is 0. The van der Waals surface area contributed by atoms with Crippen LogP contribution in [0, 0.1) is 0 Å². The molecule has 0 fully saturated rings. The van der Waals surface area contributed by atoms with E-state index in [0.29, 0.717) is 0 Å². The van der Waals surface area contributed by atoms with Crippen LogP contribution in [0.4, 0.5) is 0 Å². The summed E-state index contributed by atoms with van der Waals surface area (Å²) in [6.45, 7) is 5.57. The van der Waals surface area contributed by atoms with Crippen molar-refractivity contribution < 1.29 is 3.07 Å². The first-order valence-electron chi connectivity index (χ1n) is 5.76. The van der Waals surface area contributed by atoms with Crippen molar-refractivity contribution in [3.63, 3.8) is 0 Å². The second-order valence-electron chi connectivity index (χ2n) is 3.71. The van der Waals surface area contributed by atoms with E-state index in [4.69, 9.17) is 3.07 Å². The van der Waals surface area contributed by atoms with Crippen molar-refractivity contribution in [2.75, 3.05) is 6.61 Å². The molecule has 0 unspecified atom stereocenters. The fraction of sp³-hybridized carbons (Fsp3) is 1.00. The van der Waals surface area contributed by atoms with Gasteiger partial charge in [-0.05, 0) is 0 Å². The van der Waals surface area contributed by atoms with Crippen LogP contribution < -0.4 is 0 Å². The molecule has 0 amide bonds. The van der Waals surface area contributed by atoms with Crippen molar-refractivity contribution in [3.05, 3.63) is 0 Å². The zero-order chi connectivity index (χ0) is 9.94. The molecular formula is C11H25OSn. The zero-order valence-electron chi connectivity index (χ0n) is 9.57. The summed E-state index contributed by atoms with van der Waals surface area (Å²) in [7, 11) is 0. The van der Waals surface area contributed by atoms with Gasteiger partial charge in [-0.15, -0.1) is 0 Å². The topological polar surface area (TPSA) is 9.23 Å². The van der Waals surface area contributed by atoms with Gasteiger partial charge >= 0.3 is 91.6 Å². The maximum atomic E-state index is 5.89. The molecule has 0 aromatic rings. The van der Waals surface area contributed by atoms with E-state index < -0.39 is 20.2 Å². The molecule has 0 aliphatic heterocycles. The summed E-state index contributed by atoms with van der Waals surface area (Å²) >= 11 is -1.29. The predicted octanol–water partition coefficient (Wildman–Crippen LogP) is 4.00. The van der Waals surface area contributed by atoms with Crippen molar-refractivity contribution >= 4 is 20.2 Å². The van der Waals surface area contributed by atoms with Crippen LogP contribution in [0.2, 0.25) is 9.38 Å². The first-order chi connectivity index (χ1) is 6.31. The van der Waals surface area contributed by atoms with Gasteiger partial charge in [0.15, 0.2) is 0 Å². The second kappa shape index (κ2) is 10.8. The van der Waals surface area contributed by atoms with E-state index in [2.05, 4.69) is 18.8 Å². The van der Waals surface area contributed by atoms with Gasteiger partial charge in [-0.1, -0.05) is 0 Å². The molecule has 0 bridgehead atoms. The Balaban J connectivity index is 3.03. The van der Waals surface area contributed by atoms with E-state index >= 15 is 0 Å². The van der Waals surface area contributed by atoms with Crippen LogP contribution in [0.25, 0.3) is 0 Å². The normalized spacial score (nSPS) is 11.1. The number of hydrogen-bond donors (Lipinski definition) is 0. The Hall–Kier alpha value is 0.759. The molecule has 0 saturated carbocycles. The quantitative estimate of drug-likeness (QED) is 0.461. The van der Waals surface area contributed by atoms with Crippen molar-refractivity contribution in [2.24, 2.45) is 0 Å². The standard InChI is InChI=1S/C6H13O.C4H9.CH3.Sn/c1-2-3-4-5-6-7;1-3-4-2;;/h2-6H2,1H3;1,3-4H2,2H3;1H3;/q-1;;;+1. The summed E-state index contributed by atoms with van der Waals surface area (Å²) in [6.07, 6.45) is 8.07. The molecule has 0 rings (SSSR count). The molecule has 0 aromatic carbocycles. The van der Waals surface area contributed by atoms with Crippen LogP contribution in [0.3, 0.4) is 0 Å². The Labute approximate surface area is 91.5 Å². The molecule has 0 atom stereocenters. The van der Waals surface area contributed by atoms with E-state index in [-0.39, 0.29) is 0 Å². The summed E-state index contributed by atoms with van der Waals surface area (Å²) < 4.78 is 7.31. The molecule has 79 valence electrons. The van der Waals surface area contributed by atoms with E-state index in [1.807, 2.05) is 0 Å². The molecular weight excluding hydrogens is 267 g/mol. The third-order valence-electron chi connectivity index (χ3n) is 2.23. The van der Waals surface area contributed by atoms with Crippen molar-refractivity contribution in [3.8, 4) is 0 Å². The van der Waals surface area contributed by atoms with Crippen molar-refractivity contribution in [2.45, 2.75) is 61.7 Å². The van der Waals surface area contributed by atoms with Gasteiger partial charge in [0, 0.05) is 0 Å². The van der Waals surface area contributed by atoms with Gasteiger partial charge < -0.3 is 0 Å². The van der Waals surface area contributed by atoms with Crippen molar-refractivity contribution in [1.29, 1.82) is 0 Å². The van der Waals surface area contributed by atoms with E-state index in [1.165, 1.54) is 43.0 Å². The molecule has 0 saturated heterocycles. The molecule has 0 spiro atoms. The molecule has 0 heterocycles. The number of hydrogen-bond acceptors (Lipinski definition) is 1. The van der Waals surface area contributed by atoms with Crippen molar-refractivity contribution in [1.82, 2.24) is 0 Å². The summed E-state index contributed by atoms with van der Waals surface area (Å²) in [6, 6.07) is 0. The average Bonchev–Trinajstić information content (AvgIpc) is 2.14. The second-order valence-corrected chi connectivity index (χ2v) is 9.97. The van der Waals surface area contributed by atoms with E-state index in [9.17, 15) is 0 Å². The van der Waals surface area contributed by atoms with Gasteiger partial charge in [0.2, 0.25) is 0 Å². The first-order valence-corrected chi connectivity index (χ1v) is 11.8. The fourth-order valence-corrected chi connectivity index (χ4v) is 5.52.